The van der Waals surface area contributed by atoms with Gasteiger partial charge >= 0.3 is 0 Å². The third-order valence-electron chi connectivity index (χ3n) is 5.05. The zero-order chi connectivity index (χ0) is 22.1. The summed E-state index contributed by atoms with van der Waals surface area (Å²) < 4.78 is 16.3. The van der Waals surface area contributed by atoms with E-state index in [1.165, 1.54) is 23.5 Å². The highest BCUT2D eigenvalue weighted by Gasteiger charge is 2.19. The first kappa shape index (κ1) is 20.6. The minimum Gasteiger partial charge on any atom is -0.305 e. The molecule has 0 unspecified atom stereocenters. The van der Waals surface area contributed by atoms with Crippen molar-refractivity contribution in [3.8, 4) is 11.3 Å². The van der Waals surface area contributed by atoms with E-state index >= 15 is 0 Å². The van der Waals surface area contributed by atoms with Gasteiger partial charge in [-0.25, -0.2) is 14.4 Å². The number of hydrogen-bond donors (Lipinski definition) is 0. The third-order valence-corrected chi connectivity index (χ3v) is 6.44. The summed E-state index contributed by atoms with van der Waals surface area (Å²) in [5.41, 5.74) is 4.49. The molecule has 0 N–H and O–H groups in total. The largest absolute Gasteiger partial charge is 0.305 e. The molecule has 0 amide bonds. The Morgan fingerprint density at radius 3 is 2.53 bits per heavy atom. The average Bonchev–Trinajstić information content (AvgIpc) is 3.43. The van der Waals surface area contributed by atoms with Crippen LogP contribution in [-0.2, 0) is 0 Å². The van der Waals surface area contributed by atoms with Gasteiger partial charge in [0, 0.05) is 28.7 Å². The number of benzene rings is 2. The van der Waals surface area contributed by atoms with Crippen molar-refractivity contribution in [2.75, 3.05) is 11.9 Å². The predicted octanol–water partition coefficient (Wildman–Crippen LogP) is 7.30. The van der Waals surface area contributed by atoms with Crippen LogP contribution in [-0.4, -0.2) is 21.4 Å². The summed E-state index contributed by atoms with van der Waals surface area (Å²) in [5.74, 6) is 0.654. The van der Waals surface area contributed by atoms with Crippen molar-refractivity contribution >= 4 is 56.0 Å². The molecule has 0 aliphatic heterocycles. The Bertz CT molecular complexity index is 1410. The van der Waals surface area contributed by atoms with E-state index in [1.807, 2.05) is 64.3 Å². The minimum absolute atomic E-state index is 0.257. The van der Waals surface area contributed by atoms with Gasteiger partial charge in [0.2, 0.25) is 0 Å². The molecule has 158 valence electrons. The smallest absolute Gasteiger partial charge is 0.191 e. The van der Waals surface area contributed by atoms with Crippen molar-refractivity contribution in [3.05, 3.63) is 99.9 Å². The fourth-order valence-electron chi connectivity index (χ4n) is 3.47. The summed E-state index contributed by atoms with van der Waals surface area (Å²) in [7, 11) is 1.98. The molecule has 0 radical (unpaired) electrons. The minimum atomic E-state index is -0.257. The molecule has 0 spiro atoms. The quantitative estimate of drug-likeness (QED) is 0.251. The molecule has 7 heteroatoms. The van der Waals surface area contributed by atoms with Crippen LogP contribution in [0.3, 0.4) is 0 Å². The van der Waals surface area contributed by atoms with Crippen molar-refractivity contribution in [1.29, 1.82) is 0 Å². The van der Waals surface area contributed by atoms with E-state index in [0.717, 1.165) is 43.6 Å². The number of halogens is 2. The molecule has 0 atom stereocenters. The zero-order valence-corrected chi connectivity index (χ0v) is 19.5. The highest BCUT2D eigenvalue weighted by molar-refractivity contribution is 9.10. The first-order valence-corrected chi connectivity index (χ1v) is 11.6. The Balaban J connectivity index is 1.57. The highest BCUT2D eigenvalue weighted by atomic mass is 79.9. The number of pyridine rings is 1. The lowest BCUT2D eigenvalue weighted by Crippen LogP contribution is -2.12. The van der Waals surface area contributed by atoms with Gasteiger partial charge in [-0.3, -0.25) is 4.40 Å². The topological polar surface area (TPSA) is 33.4 Å². The number of imidazole rings is 1. The highest BCUT2D eigenvalue weighted by Crippen LogP contribution is 2.34. The van der Waals surface area contributed by atoms with Crippen molar-refractivity contribution in [2.45, 2.75) is 0 Å². The SMILES string of the molecule is CN(c1nc(-c2ccc(F)cc2)cs1)c1c(C=Cc2ccccc2)nc2ccc(Br)cn12. The molecule has 32 heavy (non-hydrogen) atoms. The third kappa shape index (κ3) is 4.09. The van der Waals surface area contributed by atoms with Crippen LogP contribution in [0.15, 0.2) is 82.8 Å². The molecule has 0 aliphatic rings. The molecule has 5 rings (SSSR count). The van der Waals surface area contributed by atoms with E-state index in [2.05, 4.69) is 34.1 Å². The average molecular weight is 505 g/mol. The molecule has 3 aromatic heterocycles. The number of anilines is 2. The Labute approximate surface area is 197 Å². The summed E-state index contributed by atoms with van der Waals surface area (Å²) in [6, 6.07) is 20.5. The maximum atomic E-state index is 13.3. The van der Waals surface area contributed by atoms with Gasteiger partial charge in [0.1, 0.15) is 23.0 Å². The maximum Gasteiger partial charge on any atom is 0.191 e. The van der Waals surface area contributed by atoms with Crippen LogP contribution < -0.4 is 4.90 Å². The molecular formula is C25H18BrFN4S. The lowest BCUT2D eigenvalue weighted by molar-refractivity contribution is 0.628. The number of fused-ring (bicyclic) bond motifs is 1. The van der Waals surface area contributed by atoms with Crippen molar-refractivity contribution in [2.24, 2.45) is 0 Å². The second-order valence-electron chi connectivity index (χ2n) is 7.22. The molecule has 0 bridgehead atoms. The number of rotatable bonds is 5. The lowest BCUT2D eigenvalue weighted by atomic mass is 10.2. The summed E-state index contributed by atoms with van der Waals surface area (Å²) in [6.45, 7) is 0. The van der Waals surface area contributed by atoms with Crippen LogP contribution in [0, 0.1) is 5.82 Å². The molecule has 4 nitrogen and oxygen atoms in total. The van der Waals surface area contributed by atoms with Gasteiger partial charge in [0.25, 0.3) is 0 Å². The maximum absolute atomic E-state index is 13.3. The van der Waals surface area contributed by atoms with E-state index in [0.29, 0.717) is 0 Å². The summed E-state index contributed by atoms with van der Waals surface area (Å²) in [4.78, 5) is 11.7. The molecular weight excluding hydrogens is 487 g/mol. The molecule has 0 saturated carbocycles. The lowest BCUT2D eigenvalue weighted by Gasteiger charge is -2.16. The van der Waals surface area contributed by atoms with Crippen LogP contribution in [0.2, 0.25) is 0 Å². The van der Waals surface area contributed by atoms with Crippen molar-refractivity contribution in [3.63, 3.8) is 0 Å². The van der Waals surface area contributed by atoms with Gasteiger partial charge in [-0.1, -0.05) is 36.4 Å². The Kier molecular flexibility index (Phi) is 5.59. The standard InChI is InChI=1S/C25H18BrFN4S/c1-30(25-29-22(16-32-25)18-8-11-20(27)12-9-18)24-21(13-7-17-5-3-2-4-6-17)28-23-14-10-19(26)15-31(23)24/h2-16H,1H3. The molecule has 2 aromatic carbocycles. The van der Waals surface area contributed by atoms with Gasteiger partial charge in [-0.2, -0.15) is 0 Å². The Morgan fingerprint density at radius 1 is 0.969 bits per heavy atom. The predicted molar refractivity (Wildman–Crippen MR) is 134 cm³/mol. The number of hydrogen-bond acceptors (Lipinski definition) is 4. The van der Waals surface area contributed by atoms with Crippen LogP contribution in [0.1, 0.15) is 11.3 Å². The molecule has 0 saturated heterocycles. The van der Waals surface area contributed by atoms with Gasteiger partial charge in [-0.05, 0) is 64.0 Å². The summed E-state index contributed by atoms with van der Waals surface area (Å²) in [6.07, 6.45) is 6.08. The number of thiazole rings is 1. The first-order chi connectivity index (χ1) is 15.6. The van der Waals surface area contributed by atoms with Gasteiger partial charge < -0.3 is 4.90 Å². The zero-order valence-electron chi connectivity index (χ0n) is 17.1. The van der Waals surface area contributed by atoms with Crippen LogP contribution in [0.4, 0.5) is 15.3 Å². The second-order valence-corrected chi connectivity index (χ2v) is 8.97. The van der Waals surface area contributed by atoms with Crippen molar-refractivity contribution < 1.29 is 4.39 Å². The van der Waals surface area contributed by atoms with E-state index in [-0.39, 0.29) is 5.82 Å². The molecule has 3 heterocycles. The van der Waals surface area contributed by atoms with E-state index in [1.54, 1.807) is 12.1 Å². The second kappa shape index (κ2) is 8.68. The molecule has 0 aliphatic carbocycles. The number of aromatic nitrogens is 3. The van der Waals surface area contributed by atoms with E-state index in [4.69, 9.17) is 9.97 Å². The molecule has 5 aromatic rings. The van der Waals surface area contributed by atoms with Gasteiger partial charge in [-0.15, -0.1) is 11.3 Å². The monoisotopic (exact) mass is 504 g/mol. The van der Waals surface area contributed by atoms with Crippen molar-refractivity contribution in [1.82, 2.24) is 14.4 Å². The first-order valence-electron chi connectivity index (χ1n) is 9.94. The van der Waals surface area contributed by atoms with Gasteiger partial charge in [0.05, 0.1) is 5.69 Å². The summed E-state index contributed by atoms with van der Waals surface area (Å²) >= 11 is 5.10. The van der Waals surface area contributed by atoms with Gasteiger partial charge in [0.15, 0.2) is 5.13 Å². The van der Waals surface area contributed by atoms with Crippen LogP contribution in [0.25, 0.3) is 29.1 Å². The molecule has 0 fully saturated rings. The van der Waals surface area contributed by atoms with Crippen LogP contribution in [0.5, 0.6) is 0 Å². The fourth-order valence-corrected chi connectivity index (χ4v) is 4.61. The normalized spacial score (nSPS) is 11.5. The fraction of sp³-hybridized carbons (Fsp3) is 0.0400. The Hall–Kier alpha value is -3.29. The summed E-state index contributed by atoms with van der Waals surface area (Å²) in [5, 5.41) is 2.80. The number of nitrogens with zero attached hydrogens (tertiary/aromatic N) is 4. The van der Waals surface area contributed by atoms with Crippen LogP contribution >= 0.6 is 27.3 Å². The Morgan fingerprint density at radius 2 is 1.75 bits per heavy atom. The van der Waals surface area contributed by atoms with E-state index < -0.39 is 0 Å². The van der Waals surface area contributed by atoms with E-state index in [9.17, 15) is 4.39 Å².